The number of fused-ring (bicyclic) bond motifs is 1. The minimum atomic E-state index is -0.0190. The Morgan fingerprint density at radius 3 is 2.73 bits per heavy atom. The van der Waals surface area contributed by atoms with E-state index < -0.39 is 0 Å². The van der Waals surface area contributed by atoms with Gasteiger partial charge < -0.3 is 10.6 Å². The van der Waals surface area contributed by atoms with Crippen molar-refractivity contribution in [2.24, 2.45) is 0 Å². The number of hydrogen-bond donors (Lipinski definition) is 2. The summed E-state index contributed by atoms with van der Waals surface area (Å²) in [6.07, 6.45) is 3.29. The first-order valence-electron chi connectivity index (χ1n) is 7.87. The number of aryl methyl sites for hydroxylation is 1. The molecule has 1 aliphatic rings. The fraction of sp³-hybridized carbons (Fsp3) is 0.316. The van der Waals surface area contributed by atoms with Gasteiger partial charge in [-0.1, -0.05) is 36.4 Å². The molecule has 0 heterocycles. The molecule has 0 aromatic heterocycles. The van der Waals surface area contributed by atoms with E-state index in [1.54, 1.807) is 6.92 Å². The Morgan fingerprint density at radius 1 is 1.14 bits per heavy atom. The number of nitrogens with one attached hydrogen (secondary N) is 2. The lowest BCUT2D eigenvalue weighted by atomic mass is 9.88. The van der Waals surface area contributed by atoms with Crippen molar-refractivity contribution in [2.45, 2.75) is 38.8 Å². The fourth-order valence-electron chi connectivity index (χ4n) is 3.07. The van der Waals surface area contributed by atoms with Gasteiger partial charge in [0.2, 0.25) is 5.91 Å². The molecule has 3 heteroatoms. The van der Waals surface area contributed by atoms with Crippen LogP contribution in [0.3, 0.4) is 0 Å². The first kappa shape index (κ1) is 14.8. The zero-order chi connectivity index (χ0) is 15.4. The molecule has 2 aromatic carbocycles. The Balaban J connectivity index is 1.63. The normalized spacial score (nSPS) is 16.9. The molecular weight excluding hydrogens is 272 g/mol. The van der Waals surface area contributed by atoms with Gasteiger partial charge in [-0.25, -0.2) is 0 Å². The van der Waals surface area contributed by atoms with Crippen molar-refractivity contribution in [1.82, 2.24) is 5.32 Å². The molecule has 1 unspecified atom stereocenters. The number of hydrogen-bond acceptors (Lipinski definition) is 2. The molecule has 1 atom stereocenters. The predicted molar refractivity (Wildman–Crippen MR) is 89.8 cm³/mol. The van der Waals surface area contributed by atoms with Gasteiger partial charge in [0, 0.05) is 25.2 Å². The highest BCUT2D eigenvalue weighted by atomic mass is 16.1. The van der Waals surface area contributed by atoms with E-state index in [0.717, 1.165) is 25.1 Å². The van der Waals surface area contributed by atoms with Crippen LogP contribution in [-0.4, -0.2) is 11.9 Å². The van der Waals surface area contributed by atoms with Crippen molar-refractivity contribution in [3.8, 4) is 0 Å². The summed E-state index contributed by atoms with van der Waals surface area (Å²) in [4.78, 5) is 11.2. The van der Waals surface area contributed by atoms with E-state index in [0.29, 0.717) is 6.04 Å². The van der Waals surface area contributed by atoms with E-state index in [-0.39, 0.29) is 5.91 Å². The highest BCUT2D eigenvalue weighted by molar-refractivity contribution is 5.88. The van der Waals surface area contributed by atoms with E-state index in [4.69, 9.17) is 0 Å². The Labute approximate surface area is 131 Å². The minimum Gasteiger partial charge on any atom is -0.326 e. The Kier molecular flexibility index (Phi) is 4.54. The first-order chi connectivity index (χ1) is 10.7. The molecule has 0 spiro atoms. The highest BCUT2D eigenvalue weighted by Gasteiger charge is 2.18. The number of rotatable bonds is 4. The molecule has 0 fully saturated rings. The predicted octanol–water partition coefficient (Wildman–Crippen LogP) is 3.29. The van der Waals surface area contributed by atoms with E-state index in [1.165, 1.54) is 23.1 Å². The molecule has 0 bridgehead atoms. The van der Waals surface area contributed by atoms with Crippen LogP contribution in [0.2, 0.25) is 0 Å². The Hall–Kier alpha value is -2.13. The van der Waals surface area contributed by atoms with Crippen LogP contribution in [0.4, 0.5) is 5.69 Å². The molecule has 22 heavy (non-hydrogen) atoms. The van der Waals surface area contributed by atoms with E-state index in [2.05, 4.69) is 47.0 Å². The third-order valence-corrected chi connectivity index (χ3v) is 4.19. The molecular formula is C19H22N2O. The van der Waals surface area contributed by atoms with Gasteiger partial charge in [-0.2, -0.15) is 0 Å². The van der Waals surface area contributed by atoms with Gasteiger partial charge in [0.25, 0.3) is 0 Å². The van der Waals surface area contributed by atoms with Gasteiger partial charge in [0.15, 0.2) is 0 Å². The lowest BCUT2D eigenvalue weighted by Gasteiger charge is -2.26. The molecule has 2 aromatic rings. The van der Waals surface area contributed by atoms with Crippen LogP contribution in [0.25, 0.3) is 0 Å². The zero-order valence-electron chi connectivity index (χ0n) is 12.9. The molecule has 0 radical (unpaired) electrons. The Bertz CT molecular complexity index is 652. The summed E-state index contributed by atoms with van der Waals surface area (Å²) in [5.41, 5.74) is 4.98. The maximum Gasteiger partial charge on any atom is 0.221 e. The number of amides is 1. The molecule has 3 nitrogen and oxygen atoms in total. The third-order valence-electron chi connectivity index (χ3n) is 4.19. The van der Waals surface area contributed by atoms with E-state index in [1.807, 2.05) is 12.1 Å². The van der Waals surface area contributed by atoms with E-state index >= 15 is 0 Å². The molecule has 1 aliphatic carbocycles. The molecule has 0 saturated carbocycles. The summed E-state index contributed by atoms with van der Waals surface area (Å²) in [6.45, 7) is 2.45. The number of carbonyl (C=O) groups excluding carboxylic acids is 1. The Morgan fingerprint density at radius 2 is 1.95 bits per heavy atom. The van der Waals surface area contributed by atoms with Crippen molar-refractivity contribution < 1.29 is 4.79 Å². The third kappa shape index (κ3) is 3.74. The molecule has 1 amide bonds. The van der Waals surface area contributed by atoms with Gasteiger partial charge in [-0.05, 0) is 48.1 Å². The van der Waals surface area contributed by atoms with E-state index in [9.17, 15) is 4.79 Å². The van der Waals surface area contributed by atoms with Crippen molar-refractivity contribution in [3.05, 3.63) is 65.2 Å². The van der Waals surface area contributed by atoms with Gasteiger partial charge >= 0.3 is 0 Å². The smallest absolute Gasteiger partial charge is 0.221 e. The van der Waals surface area contributed by atoms with Crippen LogP contribution < -0.4 is 10.6 Å². The monoisotopic (exact) mass is 294 g/mol. The SMILES string of the molecule is CC(=O)Nc1ccc2c(c1)CC(NCc1ccccc1)CC2. The summed E-state index contributed by atoms with van der Waals surface area (Å²) in [7, 11) is 0. The molecule has 2 N–H and O–H groups in total. The average molecular weight is 294 g/mol. The number of anilines is 1. The largest absolute Gasteiger partial charge is 0.326 e. The number of benzene rings is 2. The lowest BCUT2D eigenvalue weighted by molar-refractivity contribution is -0.114. The van der Waals surface area contributed by atoms with Gasteiger partial charge in [-0.15, -0.1) is 0 Å². The maximum atomic E-state index is 11.2. The summed E-state index contributed by atoms with van der Waals surface area (Å²) >= 11 is 0. The highest BCUT2D eigenvalue weighted by Crippen LogP contribution is 2.25. The van der Waals surface area contributed by atoms with Crippen LogP contribution in [0.5, 0.6) is 0 Å². The fourth-order valence-corrected chi connectivity index (χ4v) is 3.07. The van der Waals surface area contributed by atoms with Gasteiger partial charge in [-0.3, -0.25) is 4.79 Å². The standard InChI is InChI=1S/C19H22N2O/c1-14(22)21-19-10-8-16-7-9-18(11-17(16)12-19)20-13-15-5-3-2-4-6-15/h2-6,8,10,12,18,20H,7,9,11,13H2,1H3,(H,21,22). The molecule has 0 aliphatic heterocycles. The van der Waals surface area contributed by atoms with Crippen molar-refractivity contribution in [2.75, 3.05) is 5.32 Å². The molecule has 0 saturated heterocycles. The topological polar surface area (TPSA) is 41.1 Å². The van der Waals surface area contributed by atoms with Crippen LogP contribution >= 0.6 is 0 Å². The summed E-state index contributed by atoms with van der Waals surface area (Å²) in [5, 5.41) is 6.52. The first-order valence-corrected chi connectivity index (χ1v) is 7.87. The molecule has 3 rings (SSSR count). The van der Waals surface area contributed by atoms with Crippen LogP contribution in [0.1, 0.15) is 30.0 Å². The molecule has 114 valence electrons. The zero-order valence-corrected chi connectivity index (χ0v) is 12.9. The second kappa shape index (κ2) is 6.75. The number of carbonyl (C=O) groups is 1. The van der Waals surface area contributed by atoms with Crippen LogP contribution in [0.15, 0.2) is 48.5 Å². The van der Waals surface area contributed by atoms with Crippen LogP contribution in [0, 0.1) is 0 Å². The van der Waals surface area contributed by atoms with Crippen LogP contribution in [-0.2, 0) is 24.2 Å². The summed E-state index contributed by atoms with van der Waals surface area (Å²) in [5.74, 6) is -0.0190. The quantitative estimate of drug-likeness (QED) is 0.908. The maximum absolute atomic E-state index is 11.2. The van der Waals surface area contributed by atoms with Crippen molar-refractivity contribution in [1.29, 1.82) is 0 Å². The second-order valence-corrected chi connectivity index (χ2v) is 5.97. The van der Waals surface area contributed by atoms with Crippen molar-refractivity contribution in [3.63, 3.8) is 0 Å². The summed E-state index contributed by atoms with van der Waals surface area (Å²) < 4.78 is 0. The lowest BCUT2D eigenvalue weighted by Crippen LogP contribution is -2.34. The van der Waals surface area contributed by atoms with Crippen molar-refractivity contribution >= 4 is 11.6 Å². The summed E-state index contributed by atoms with van der Waals surface area (Å²) in [6, 6.07) is 17.3. The second-order valence-electron chi connectivity index (χ2n) is 5.97. The average Bonchev–Trinajstić information content (AvgIpc) is 2.53. The van der Waals surface area contributed by atoms with Gasteiger partial charge in [0.1, 0.15) is 0 Å². The minimum absolute atomic E-state index is 0.0190. The van der Waals surface area contributed by atoms with Gasteiger partial charge in [0.05, 0.1) is 0 Å².